The topological polar surface area (TPSA) is 60.9 Å². The third-order valence-electron chi connectivity index (χ3n) is 5.52. The van der Waals surface area contributed by atoms with Crippen LogP contribution in [0, 0.1) is 17.7 Å². The lowest BCUT2D eigenvalue weighted by Gasteiger charge is -2.41. The SMILES string of the molecule is CC1CC(C(=O)O)CN(C(=O)C2CCCCN2Cc2ccc(F)cc2)C1. The van der Waals surface area contributed by atoms with Crippen molar-refractivity contribution in [3.63, 3.8) is 0 Å². The maximum absolute atomic E-state index is 13.2. The number of carbonyl (C=O) groups excluding carboxylic acids is 1. The summed E-state index contributed by atoms with van der Waals surface area (Å²) in [6.07, 6.45) is 3.47. The van der Waals surface area contributed by atoms with Crippen molar-refractivity contribution in [2.75, 3.05) is 19.6 Å². The van der Waals surface area contributed by atoms with Crippen LogP contribution in [0.2, 0.25) is 0 Å². The first-order valence-corrected chi connectivity index (χ1v) is 9.44. The largest absolute Gasteiger partial charge is 0.481 e. The van der Waals surface area contributed by atoms with Crippen molar-refractivity contribution >= 4 is 11.9 Å². The zero-order valence-electron chi connectivity index (χ0n) is 15.2. The standard InChI is InChI=1S/C20H27FN2O3/c1-14-10-16(20(25)26)13-23(11-14)19(24)18-4-2-3-9-22(18)12-15-5-7-17(21)8-6-15/h5-8,14,16,18H,2-4,9-13H2,1H3,(H,25,26). The van der Waals surface area contributed by atoms with E-state index in [-0.39, 0.29) is 23.7 Å². The Bertz CT molecular complexity index is 649. The van der Waals surface area contributed by atoms with E-state index in [9.17, 15) is 19.1 Å². The average molecular weight is 362 g/mol. The second-order valence-electron chi connectivity index (χ2n) is 7.73. The van der Waals surface area contributed by atoms with Gasteiger partial charge in [-0.15, -0.1) is 0 Å². The molecule has 26 heavy (non-hydrogen) atoms. The number of hydrogen-bond acceptors (Lipinski definition) is 3. The number of rotatable bonds is 4. The number of piperidine rings is 2. The number of hydrogen-bond donors (Lipinski definition) is 1. The molecule has 0 radical (unpaired) electrons. The predicted molar refractivity (Wildman–Crippen MR) is 95.9 cm³/mol. The van der Waals surface area contributed by atoms with E-state index in [1.807, 2.05) is 6.92 Å². The number of carboxylic acid groups (broad SMARTS) is 1. The van der Waals surface area contributed by atoms with Gasteiger partial charge in [0.05, 0.1) is 12.0 Å². The van der Waals surface area contributed by atoms with Crippen LogP contribution in [0.5, 0.6) is 0 Å². The molecule has 2 aliphatic heterocycles. The lowest BCUT2D eigenvalue weighted by Crippen LogP contribution is -2.54. The molecule has 0 bridgehead atoms. The maximum atomic E-state index is 13.2. The highest BCUT2D eigenvalue weighted by Crippen LogP contribution is 2.26. The van der Waals surface area contributed by atoms with Crippen molar-refractivity contribution in [2.45, 2.75) is 45.2 Å². The van der Waals surface area contributed by atoms with Crippen LogP contribution in [0.15, 0.2) is 24.3 Å². The van der Waals surface area contributed by atoms with Crippen molar-refractivity contribution in [2.24, 2.45) is 11.8 Å². The van der Waals surface area contributed by atoms with E-state index < -0.39 is 11.9 Å². The van der Waals surface area contributed by atoms with Crippen LogP contribution >= 0.6 is 0 Å². The van der Waals surface area contributed by atoms with E-state index >= 15 is 0 Å². The summed E-state index contributed by atoms with van der Waals surface area (Å²) in [5, 5.41) is 9.36. The Hall–Kier alpha value is -1.95. The Kier molecular flexibility index (Phi) is 5.91. The Morgan fingerprint density at radius 1 is 1.19 bits per heavy atom. The van der Waals surface area contributed by atoms with Gasteiger partial charge in [-0.25, -0.2) is 4.39 Å². The molecule has 0 aliphatic carbocycles. The molecule has 0 spiro atoms. The summed E-state index contributed by atoms with van der Waals surface area (Å²) >= 11 is 0. The lowest BCUT2D eigenvalue weighted by molar-refractivity contribution is -0.149. The van der Waals surface area contributed by atoms with E-state index in [0.29, 0.717) is 26.1 Å². The summed E-state index contributed by atoms with van der Waals surface area (Å²) < 4.78 is 13.1. The summed E-state index contributed by atoms with van der Waals surface area (Å²) in [5.74, 6) is -1.31. The summed E-state index contributed by atoms with van der Waals surface area (Å²) in [6.45, 7) is 4.39. The van der Waals surface area contributed by atoms with Crippen LogP contribution in [0.3, 0.4) is 0 Å². The van der Waals surface area contributed by atoms with E-state index in [0.717, 1.165) is 31.4 Å². The van der Waals surface area contributed by atoms with E-state index in [1.165, 1.54) is 12.1 Å². The van der Waals surface area contributed by atoms with Crippen molar-refractivity contribution in [3.8, 4) is 0 Å². The van der Waals surface area contributed by atoms with Gasteiger partial charge < -0.3 is 10.0 Å². The summed E-state index contributed by atoms with van der Waals surface area (Å²) in [4.78, 5) is 28.5. The number of carbonyl (C=O) groups is 2. The van der Waals surface area contributed by atoms with Crippen LogP contribution in [0.25, 0.3) is 0 Å². The third-order valence-corrected chi connectivity index (χ3v) is 5.52. The summed E-state index contributed by atoms with van der Waals surface area (Å²) in [7, 11) is 0. The highest BCUT2D eigenvalue weighted by atomic mass is 19.1. The molecule has 2 heterocycles. The molecule has 0 aromatic heterocycles. The Morgan fingerprint density at radius 3 is 2.62 bits per heavy atom. The minimum absolute atomic E-state index is 0.0459. The van der Waals surface area contributed by atoms with Crippen molar-refractivity contribution in [1.29, 1.82) is 0 Å². The van der Waals surface area contributed by atoms with Gasteiger partial charge in [0, 0.05) is 19.6 Å². The first-order chi connectivity index (χ1) is 12.4. The number of halogens is 1. The van der Waals surface area contributed by atoms with Gasteiger partial charge in [0.1, 0.15) is 5.82 Å². The highest BCUT2D eigenvalue weighted by Gasteiger charge is 2.37. The molecule has 1 N–H and O–H groups in total. The fourth-order valence-electron chi connectivity index (χ4n) is 4.21. The molecule has 142 valence electrons. The first-order valence-electron chi connectivity index (χ1n) is 9.44. The van der Waals surface area contributed by atoms with Crippen molar-refractivity contribution in [3.05, 3.63) is 35.6 Å². The minimum atomic E-state index is -0.818. The fraction of sp³-hybridized carbons (Fsp3) is 0.600. The number of likely N-dealkylation sites (tertiary alicyclic amines) is 2. The van der Waals surface area contributed by atoms with Crippen molar-refractivity contribution < 1.29 is 19.1 Å². The number of benzene rings is 1. The van der Waals surface area contributed by atoms with E-state index in [1.54, 1.807) is 17.0 Å². The van der Waals surface area contributed by atoms with Gasteiger partial charge in [0.2, 0.25) is 5.91 Å². The Morgan fingerprint density at radius 2 is 1.92 bits per heavy atom. The van der Waals surface area contributed by atoms with Crippen LogP contribution in [0.4, 0.5) is 4.39 Å². The molecule has 2 fully saturated rings. The quantitative estimate of drug-likeness (QED) is 0.895. The molecule has 1 aromatic rings. The predicted octanol–water partition coefficient (Wildman–Crippen LogP) is 2.75. The number of carboxylic acids is 1. The molecule has 5 nitrogen and oxygen atoms in total. The molecule has 1 amide bonds. The molecular formula is C20H27FN2O3. The Labute approximate surface area is 153 Å². The molecule has 1 aromatic carbocycles. The van der Waals surface area contributed by atoms with E-state index in [2.05, 4.69) is 4.90 Å². The van der Waals surface area contributed by atoms with Gasteiger partial charge in [-0.2, -0.15) is 0 Å². The van der Waals surface area contributed by atoms with Gasteiger partial charge in [-0.1, -0.05) is 25.5 Å². The van der Waals surface area contributed by atoms with Gasteiger partial charge in [-0.3, -0.25) is 14.5 Å². The molecule has 6 heteroatoms. The van der Waals surface area contributed by atoms with Crippen LogP contribution in [-0.4, -0.2) is 52.5 Å². The second kappa shape index (κ2) is 8.16. The summed E-state index contributed by atoms with van der Waals surface area (Å²) in [5.41, 5.74) is 0.988. The third kappa shape index (κ3) is 4.41. The molecule has 0 saturated carbocycles. The van der Waals surface area contributed by atoms with Crippen molar-refractivity contribution in [1.82, 2.24) is 9.80 Å². The van der Waals surface area contributed by atoms with E-state index in [4.69, 9.17) is 0 Å². The van der Waals surface area contributed by atoms with Crippen LogP contribution in [0.1, 0.15) is 38.2 Å². The monoisotopic (exact) mass is 362 g/mol. The highest BCUT2D eigenvalue weighted by molar-refractivity contribution is 5.83. The lowest BCUT2D eigenvalue weighted by atomic mass is 9.89. The molecule has 3 rings (SSSR count). The first kappa shape index (κ1) is 18.8. The normalized spacial score (nSPS) is 27.3. The smallest absolute Gasteiger partial charge is 0.308 e. The number of nitrogens with zero attached hydrogens (tertiary/aromatic N) is 2. The zero-order chi connectivity index (χ0) is 18.7. The molecule has 2 aliphatic rings. The van der Waals surface area contributed by atoms with Gasteiger partial charge in [0.25, 0.3) is 0 Å². The zero-order valence-corrected chi connectivity index (χ0v) is 15.2. The van der Waals surface area contributed by atoms with Gasteiger partial charge >= 0.3 is 5.97 Å². The number of aliphatic carboxylic acids is 1. The fourth-order valence-corrected chi connectivity index (χ4v) is 4.21. The average Bonchev–Trinajstić information content (AvgIpc) is 2.63. The number of amides is 1. The Balaban J connectivity index is 1.70. The van der Waals surface area contributed by atoms with Gasteiger partial charge in [0.15, 0.2) is 0 Å². The van der Waals surface area contributed by atoms with Crippen LogP contribution in [-0.2, 0) is 16.1 Å². The molecule has 3 unspecified atom stereocenters. The minimum Gasteiger partial charge on any atom is -0.481 e. The maximum Gasteiger partial charge on any atom is 0.308 e. The van der Waals surface area contributed by atoms with Gasteiger partial charge in [-0.05, 0) is 49.4 Å². The molecule has 3 atom stereocenters. The second-order valence-corrected chi connectivity index (χ2v) is 7.73. The molecular weight excluding hydrogens is 335 g/mol. The summed E-state index contributed by atoms with van der Waals surface area (Å²) in [6, 6.07) is 6.19. The molecule has 2 saturated heterocycles. The van der Waals surface area contributed by atoms with Crippen LogP contribution < -0.4 is 0 Å².